The van der Waals surface area contributed by atoms with Gasteiger partial charge in [-0.3, -0.25) is 9.36 Å². The lowest BCUT2D eigenvalue weighted by Gasteiger charge is -2.13. The highest BCUT2D eigenvalue weighted by Crippen LogP contribution is 2.30. The molecule has 0 spiro atoms. The van der Waals surface area contributed by atoms with Crippen molar-refractivity contribution >= 4 is 40.6 Å². The second kappa shape index (κ2) is 11.3. The van der Waals surface area contributed by atoms with Crippen LogP contribution >= 0.6 is 23.4 Å². The lowest BCUT2D eigenvalue weighted by Crippen LogP contribution is -2.15. The fourth-order valence-electron chi connectivity index (χ4n) is 3.41. The first-order valence-corrected chi connectivity index (χ1v) is 12.5. The summed E-state index contributed by atoms with van der Waals surface area (Å²) < 4.78 is 7.51. The van der Waals surface area contributed by atoms with E-state index in [4.69, 9.17) is 16.3 Å². The van der Waals surface area contributed by atoms with E-state index in [1.807, 2.05) is 103 Å². The number of anilines is 2. The van der Waals surface area contributed by atoms with Gasteiger partial charge in [0.15, 0.2) is 11.0 Å². The summed E-state index contributed by atoms with van der Waals surface area (Å²) in [6.45, 7) is 2.54. The standard InChI is InChI=1S/C26H26ClN5O2S/c1-4-34-23-15-13-22(14-16-23)32-25(18-5-7-19(27)8-6-18)29-30-26(32)35-17-24(33)28-20-9-11-21(12-10-20)31(2)3/h5-16H,4,17H2,1-3H3,(H,28,33). The van der Waals surface area contributed by atoms with E-state index < -0.39 is 0 Å². The third kappa shape index (κ3) is 6.15. The molecule has 0 saturated carbocycles. The molecule has 0 unspecified atom stereocenters. The van der Waals surface area contributed by atoms with E-state index in [0.29, 0.717) is 22.6 Å². The van der Waals surface area contributed by atoms with Gasteiger partial charge < -0.3 is 15.0 Å². The largest absolute Gasteiger partial charge is 0.494 e. The number of hydrogen-bond donors (Lipinski definition) is 1. The van der Waals surface area contributed by atoms with E-state index in [2.05, 4.69) is 15.5 Å². The molecule has 9 heteroatoms. The maximum atomic E-state index is 12.7. The summed E-state index contributed by atoms with van der Waals surface area (Å²) in [5.41, 5.74) is 3.55. The first-order chi connectivity index (χ1) is 16.9. The number of amides is 1. The van der Waals surface area contributed by atoms with Crippen molar-refractivity contribution in [3.05, 3.63) is 77.8 Å². The summed E-state index contributed by atoms with van der Waals surface area (Å²) in [6, 6.07) is 22.8. The highest BCUT2D eigenvalue weighted by Gasteiger charge is 2.18. The fourth-order valence-corrected chi connectivity index (χ4v) is 4.29. The molecule has 0 aliphatic rings. The normalized spacial score (nSPS) is 10.7. The third-order valence-corrected chi connectivity index (χ3v) is 6.32. The fraction of sp³-hybridized carbons (Fsp3) is 0.192. The van der Waals surface area contributed by atoms with Crippen molar-refractivity contribution in [2.24, 2.45) is 0 Å². The molecular formula is C26H26ClN5O2S. The SMILES string of the molecule is CCOc1ccc(-n2c(SCC(=O)Nc3ccc(N(C)C)cc3)nnc2-c2ccc(Cl)cc2)cc1. The van der Waals surface area contributed by atoms with Gasteiger partial charge >= 0.3 is 0 Å². The molecule has 4 rings (SSSR count). The van der Waals surface area contributed by atoms with Crippen molar-refractivity contribution in [1.82, 2.24) is 14.8 Å². The first-order valence-electron chi connectivity index (χ1n) is 11.1. The Bertz CT molecular complexity index is 1270. The van der Waals surface area contributed by atoms with Crippen molar-refractivity contribution in [2.75, 3.05) is 36.7 Å². The average Bonchev–Trinajstić information content (AvgIpc) is 3.28. The van der Waals surface area contributed by atoms with Crippen LogP contribution < -0.4 is 15.0 Å². The summed E-state index contributed by atoms with van der Waals surface area (Å²) in [4.78, 5) is 14.7. The Hall–Kier alpha value is -3.49. The number of ether oxygens (including phenoxy) is 1. The molecule has 0 atom stereocenters. The number of carbonyl (C=O) groups is 1. The zero-order valence-corrected chi connectivity index (χ0v) is 21.3. The monoisotopic (exact) mass is 507 g/mol. The van der Waals surface area contributed by atoms with Crippen molar-refractivity contribution in [3.8, 4) is 22.8 Å². The van der Waals surface area contributed by atoms with Gasteiger partial charge in [0, 0.05) is 41.7 Å². The van der Waals surface area contributed by atoms with Crippen LogP contribution in [0, 0.1) is 0 Å². The second-order valence-electron chi connectivity index (χ2n) is 7.85. The number of rotatable bonds is 9. The first kappa shape index (κ1) is 24.6. The Kier molecular flexibility index (Phi) is 7.94. The van der Waals surface area contributed by atoms with E-state index >= 15 is 0 Å². The minimum atomic E-state index is -0.123. The number of aromatic nitrogens is 3. The predicted octanol–water partition coefficient (Wildman–Crippen LogP) is 5.78. The van der Waals surface area contributed by atoms with Gasteiger partial charge in [-0.1, -0.05) is 23.4 Å². The smallest absolute Gasteiger partial charge is 0.234 e. The van der Waals surface area contributed by atoms with Crippen LogP contribution in [0.2, 0.25) is 5.02 Å². The summed E-state index contributed by atoms with van der Waals surface area (Å²) in [5, 5.41) is 13.0. The molecule has 180 valence electrons. The van der Waals surface area contributed by atoms with Gasteiger partial charge in [0.25, 0.3) is 0 Å². The second-order valence-corrected chi connectivity index (χ2v) is 9.23. The topological polar surface area (TPSA) is 72.3 Å². The Balaban J connectivity index is 1.55. The summed E-state index contributed by atoms with van der Waals surface area (Å²) in [7, 11) is 3.95. The van der Waals surface area contributed by atoms with Crippen LogP contribution in [-0.4, -0.2) is 47.1 Å². The number of nitrogens with zero attached hydrogens (tertiary/aromatic N) is 4. The average molecular weight is 508 g/mol. The van der Waals surface area contributed by atoms with Gasteiger partial charge in [0.1, 0.15) is 5.75 Å². The van der Waals surface area contributed by atoms with E-state index in [-0.39, 0.29) is 11.7 Å². The minimum absolute atomic E-state index is 0.123. The van der Waals surface area contributed by atoms with Crippen molar-refractivity contribution < 1.29 is 9.53 Å². The maximum absolute atomic E-state index is 12.7. The third-order valence-electron chi connectivity index (χ3n) is 5.14. The van der Waals surface area contributed by atoms with Gasteiger partial charge in [0.2, 0.25) is 5.91 Å². The van der Waals surface area contributed by atoms with Gasteiger partial charge in [-0.2, -0.15) is 0 Å². The number of hydrogen-bond acceptors (Lipinski definition) is 6. The van der Waals surface area contributed by atoms with E-state index in [0.717, 1.165) is 28.4 Å². The van der Waals surface area contributed by atoms with Crippen LogP contribution in [0.25, 0.3) is 17.1 Å². The Morgan fingerprint density at radius 1 is 1.00 bits per heavy atom. The zero-order valence-electron chi connectivity index (χ0n) is 19.7. The van der Waals surface area contributed by atoms with Crippen molar-refractivity contribution in [2.45, 2.75) is 12.1 Å². The van der Waals surface area contributed by atoms with Gasteiger partial charge in [-0.25, -0.2) is 0 Å². The highest BCUT2D eigenvalue weighted by atomic mass is 35.5. The molecule has 1 amide bonds. The molecule has 1 aromatic heterocycles. The number of benzene rings is 3. The number of halogens is 1. The Labute approximate surface area is 214 Å². The maximum Gasteiger partial charge on any atom is 0.234 e. The van der Waals surface area contributed by atoms with Crippen molar-refractivity contribution in [1.29, 1.82) is 0 Å². The quantitative estimate of drug-likeness (QED) is 0.289. The van der Waals surface area contributed by atoms with Crippen LogP contribution in [0.15, 0.2) is 78.0 Å². The van der Waals surface area contributed by atoms with Crippen LogP contribution in [0.5, 0.6) is 5.75 Å². The molecule has 4 aromatic rings. The Morgan fingerprint density at radius 3 is 2.31 bits per heavy atom. The minimum Gasteiger partial charge on any atom is -0.494 e. The molecule has 0 aliphatic carbocycles. The molecule has 0 bridgehead atoms. The number of thioether (sulfide) groups is 1. The van der Waals surface area contributed by atoms with Crippen LogP contribution in [0.1, 0.15) is 6.92 Å². The lowest BCUT2D eigenvalue weighted by molar-refractivity contribution is -0.113. The molecule has 0 aliphatic heterocycles. The highest BCUT2D eigenvalue weighted by molar-refractivity contribution is 7.99. The molecule has 0 fully saturated rings. The van der Waals surface area contributed by atoms with Gasteiger partial charge in [0.05, 0.1) is 12.4 Å². The van der Waals surface area contributed by atoms with Gasteiger partial charge in [-0.15, -0.1) is 10.2 Å². The molecular weight excluding hydrogens is 482 g/mol. The van der Waals surface area contributed by atoms with E-state index in [1.54, 1.807) is 0 Å². The Morgan fingerprint density at radius 2 is 1.69 bits per heavy atom. The van der Waals surface area contributed by atoms with E-state index in [9.17, 15) is 4.79 Å². The zero-order chi connectivity index (χ0) is 24.8. The van der Waals surface area contributed by atoms with Crippen molar-refractivity contribution in [3.63, 3.8) is 0 Å². The van der Waals surface area contributed by atoms with Crippen LogP contribution in [0.3, 0.4) is 0 Å². The molecule has 7 nitrogen and oxygen atoms in total. The lowest BCUT2D eigenvalue weighted by atomic mass is 10.2. The molecule has 35 heavy (non-hydrogen) atoms. The number of nitrogens with one attached hydrogen (secondary N) is 1. The summed E-state index contributed by atoms with van der Waals surface area (Å²) in [6.07, 6.45) is 0. The summed E-state index contributed by atoms with van der Waals surface area (Å²) in [5.74, 6) is 1.51. The predicted molar refractivity (Wildman–Crippen MR) is 143 cm³/mol. The molecule has 0 radical (unpaired) electrons. The van der Waals surface area contributed by atoms with E-state index in [1.165, 1.54) is 11.8 Å². The molecule has 1 N–H and O–H groups in total. The molecule has 0 saturated heterocycles. The van der Waals surface area contributed by atoms with Gasteiger partial charge in [-0.05, 0) is 79.7 Å². The molecule has 1 heterocycles. The van der Waals surface area contributed by atoms with Crippen LogP contribution in [0.4, 0.5) is 11.4 Å². The molecule has 3 aromatic carbocycles. The number of carbonyl (C=O) groups excluding carboxylic acids is 1. The summed E-state index contributed by atoms with van der Waals surface area (Å²) >= 11 is 7.40. The van der Waals surface area contributed by atoms with Crippen LogP contribution in [-0.2, 0) is 4.79 Å².